The largest absolute Gasteiger partial charge is 0.465 e. The smallest absolute Gasteiger partial charge is 0.302 e. The van der Waals surface area contributed by atoms with Gasteiger partial charge in [-0.1, -0.05) is 35.3 Å². The number of imidazole rings is 1. The van der Waals surface area contributed by atoms with E-state index in [1.165, 1.54) is 17.8 Å². The number of esters is 1. The first kappa shape index (κ1) is 32.3. The first-order valence-corrected chi connectivity index (χ1v) is 16.5. The topological polar surface area (TPSA) is 201 Å². The molecule has 1 saturated heterocycles. The Hall–Kier alpha value is -2.64. The number of anilines is 1. The maximum atomic E-state index is 12.1. The van der Waals surface area contributed by atoms with Crippen molar-refractivity contribution in [1.82, 2.24) is 19.5 Å². The van der Waals surface area contributed by atoms with Crippen LogP contribution in [-0.4, -0.2) is 86.4 Å². The molecular formula is C23H27Cl2N5O10S2. The molecule has 3 heterocycles. The molecule has 0 bridgehead atoms. The lowest BCUT2D eigenvalue weighted by molar-refractivity contribution is -0.153. The molecule has 1 aliphatic rings. The highest BCUT2D eigenvalue weighted by Crippen LogP contribution is 2.46. The van der Waals surface area contributed by atoms with Crippen LogP contribution in [0.2, 0.25) is 10.2 Å². The summed E-state index contributed by atoms with van der Waals surface area (Å²) in [6, 6.07) is 6.68. The lowest BCUT2D eigenvalue weighted by Crippen LogP contribution is -2.52. The zero-order chi connectivity index (χ0) is 30.9. The number of nitrogen functional groups attached to an aromatic ring is 1. The summed E-state index contributed by atoms with van der Waals surface area (Å²) in [6.45, 7) is -0.658. The van der Waals surface area contributed by atoms with Crippen molar-refractivity contribution in [3.05, 3.63) is 46.3 Å². The Labute approximate surface area is 251 Å². The summed E-state index contributed by atoms with van der Waals surface area (Å²) < 4.78 is 78.0. The fourth-order valence-electron chi connectivity index (χ4n) is 4.39. The van der Waals surface area contributed by atoms with E-state index in [0.29, 0.717) is 10.6 Å². The van der Waals surface area contributed by atoms with Crippen molar-refractivity contribution >= 4 is 66.5 Å². The molecule has 1 aromatic carbocycles. The Morgan fingerprint density at radius 3 is 2.26 bits per heavy atom. The number of hydrogen-bond acceptors (Lipinski definition) is 14. The number of halogens is 2. The molecule has 0 amide bonds. The van der Waals surface area contributed by atoms with Gasteiger partial charge in [0.2, 0.25) is 5.95 Å². The van der Waals surface area contributed by atoms with E-state index in [0.717, 1.165) is 12.5 Å². The Morgan fingerprint density at radius 1 is 1.07 bits per heavy atom. The van der Waals surface area contributed by atoms with Crippen LogP contribution in [0.15, 0.2) is 30.6 Å². The second-order valence-corrected chi connectivity index (χ2v) is 13.6. The number of hydrogen-bond donors (Lipinski definition) is 1. The van der Waals surface area contributed by atoms with Crippen molar-refractivity contribution in [3.63, 3.8) is 0 Å². The number of carbonyl (C=O) groups is 1. The predicted molar refractivity (Wildman–Crippen MR) is 149 cm³/mol. The minimum atomic E-state index is -4.07. The standard InChI is InChI=1S/C23H27Cl2N5O10S2/c1-13(31)36-9-16-18(37-8-14-4-6-15(24)7-5-14)23(10-38-41(2,32)33,11-39-42(3,34)35)40-21(16)30-12-27-17-19(25)28-22(26)29-20(17)30/h4-7,12,16,18,21H,8-11H2,1-3H3,(H2,26,28,29)/t16-,18+,21-/m1/s1. The van der Waals surface area contributed by atoms with Gasteiger partial charge < -0.3 is 19.9 Å². The van der Waals surface area contributed by atoms with Gasteiger partial charge in [0.25, 0.3) is 20.2 Å². The molecule has 0 unspecified atom stereocenters. The molecule has 2 N–H and O–H groups in total. The monoisotopic (exact) mass is 667 g/mol. The zero-order valence-electron chi connectivity index (χ0n) is 22.5. The molecule has 3 atom stereocenters. The first-order valence-electron chi connectivity index (χ1n) is 12.1. The van der Waals surface area contributed by atoms with Crippen molar-refractivity contribution in [1.29, 1.82) is 0 Å². The number of ether oxygens (including phenoxy) is 3. The Bertz CT molecular complexity index is 1630. The molecule has 1 aliphatic heterocycles. The SMILES string of the molecule is CC(=O)OC[C@H]1[C@H](n2cnc3c(Cl)nc(N)nc32)OC(COS(C)(=O)=O)(COS(C)(=O)=O)[C@H]1OCc1ccc(Cl)cc1. The summed E-state index contributed by atoms with van der Waals surface area (Å²) in [6.07, 6.45) is 0.580. The molecule has 3 aromatic rings. The maximum absolute atomic E-state index is 12.1. The van der Waals surface area contributed by atoms with Gasteiger partial charge in [-0.05, 0) is 17.7 Å². The van der Waals surface area contributed by atoms with E-state index >= 15 is 0 Å². The Morgan fingerprint density at radius 2 is 1.69 bits per heavy atom. The third kappa shape index (κ3) is 7.84. The van der Waals surface area contributed by atoms with Gasteiger partial charge in [0.1, 0.15) is 43.3 Å². The van der Waals surface area contributed by atoms with Crippen molar-refractivity contribution in [2.45, 2.75) is 31.5 Å². The van der Waals surface area contributed by atoms with Crippen LogP contribution in [0.4, 0.5) is 5.95 Å². The van der Waals surface area contributed by atoms with Crippen LogP contribution >= 0.6 is 23.2 Å². The van der Waals surface area contributed by atoms with Crippen LogP contribution in [0.3, 0.4) is 0 Å². The highest BCUT2D eigenvalue weighted by Gasteiger charge is 2.58. The van der Waals surface area contributed by atoms with E-state index in [-0.39, 0.29) is 35.5 Å². The van der Waals surface area contributed by atoms with Crippen LogP contribution < -0.4 is 5.73 Å². The fourth-order valence-corrected chi connectivity index (χ4v) is 5.57. The second kappa shape index (κ2) is 12.5. The molecule has 0 spiro atoms. The number of benzene rings is 1. The van der Waals surface area contributed by atoms with Gasteiger partial charge in [0.15, 0.2) is 10.8 Å². The van der Waals surface area contributed by atoms with E-state index in [1.54, 1.807) is 24.3 Å². The fraction of sp³-hybridized carbons (Fsp3) is 0.478. The normalized spacial score (nSPS) is 20.6. The molecule has 0 aliphatic carbocycles. The molecule has 4 rings (SSSR count). The molecule has 0 radical (unpaired) electrons. The van der Waals surface area contributed by atoms with Crippen LogP contribution in [-0.2, 0) is 54.2 Å². The summed E-state index contributed by atoms with van der Waals surface area (Å²) in [5, 5.41) is 0.438. The van der Waals surface area contributed by atoms with E-state index in [1.807, 2.05) is 0 Å². The van der Waals surface area contributed by atoms with Crippen molar-refractivity contribution in [2.24, 2.45) is 5.92 Å². The second-order valence-electron chi connectivity index (χ2n) is 9.53. The highest BCUT2D eigenvalue weighted by molar-refractivity contribution is 7.86. The quantitative estimate of drug-likeness (QED) is 0.166. The highest BCUT2D eigenvalue weighted by atomic mass is 35.5. The molecule has 42 heavy (non-hydrogen) atoms. The van der Waals surface area contributed by atoms with Crippen LogP contribution in [0.5, 0.6) is 0 Å². The number of aromatic nitrogens is 4. The molecular weight excluding hydrogens is 641 g/mol. The van der Waals surface area contributed by atoms with Crippen LogP contribution in [0.25, 0.3) is 11.2 Å². The minimum Gasteiger partial charge on any atom is -0.465 e. The average Bonchev–Trinajstić information content (AvgIpc) is 3.43. The van der Waals surface area contributed by atoms with Gasteiger partial charge in [-0.25, -0.2) is 4.98 Å². The molecule has 1 fully saturated rings. The lowest BCUT2D eigenvalue weighted by Gasteiger charge is -2.34. The zero-order valence-corrected chi connectivity index (χ0v) is 25.6. The van der Waals surface area contributed by atoms with Crippen molar-refractivity contribution in [3.8, 4) is 0 Å². The summed E-state index contributed by atoms with van der Waals surface area (Å²) in [7, 11) is -8.15. The number of rotatable bonds is 12. The minimum absolute atomic E-state index is 0.0478. The van der Waals surface area contributed by atoms with Crippen molar-refractivity contribution in [2.75, 3.05) is 38.1 Å². The molecule has 2 aromatic heterocycles. The lowest BCUT2D eigenvalue weighted by atomic mass is 9.90. The summed E-state index contributed by atoms with van der Waals surface area (Å²) in [5.74, 6) is -1.74. The summed E-state index contributed by atoms with van der Waals surface area (Å²) in [4.78, 5) is 24.2. The van der Waals surface area contributed by atoms with E-state index in [2.05, 4.69) is 15.0 Å². The molecule has 230 valence electrons. The van der Waals surface area contributed by atoms with Crippen LogP contribution in [0.1, 0.15) is 18.7 Å². The number of carbonyl (C=O) groups excluding carboxylic acids is 1. The molecule has 0 saturated carbocycles. The first-order chi connectivity index (χ1) is 19.6. The maximum Gasteiger partial charge on any atom is 0.302 e. The molecule has 15 nitrogen and oxygen atoms in total. The third-order valence-corrected chi connectivity index (χ3v) is 7.76. The Kier molecular flexibility index (Phi) is 9.63. The number of nitrogens with zero attached hydrogens (tertiary/aromatic N) is 4. The van der Waals surface area contributed by atoms with Gasteiger partial charge >= 0.3 is 5.97 Å². The van der Waals surface area contributed by atoms with E-state index in [9.17, 15) is 21.6 Å². The summed E-state index contributed by atoms with van der Waals surface area (Å²) in [5.41, 5.74) is 4.87. The number of nitrogens with two attached hydrogens (primary N) is 1. The Balaban J connectivity index is 1.86. The van der Waals surface area contributed by atoms with Gasteiger partial charge in [-0.3, -0.25) is 17.7 Å². The van der Waals surface area contributed by atoms with Crippen LogP contribution in [0, 0.1) is 5.92 Å². The third-order valence-electron chi connectivity index (χ3n) is 6.16. The van der Waals surface area contributed by atoms with E-state index < -0.39 is 63.3 Å². The van der Waals surface area contributed by atoms with Gasteiger partial charge in [0, 0.05) is 11.9 Å². The van der Waals surface area contributed by atoms with Gasteiger partial charge in [-0.15, -0.1) is 0 Å². The predicted octanol–water partition coefficient (Wildman–Crippen LogP) is 1.70. The van der Waals surface area contributed by atoms with E-state index in [4.69, 9.17) is 51.5 Å². The molecule has 19 heteroatoms. The average molecular weight is 669 g/mol. The van der Waals surface area contributed by atoms with Gasteiger partial charge in [-0.2, -0.15) is 26.8 Å². The number of fused-ring (bicyclic) bond motifs is 1. The van der Waals surface area contributed by atoms with Gasteiger partial charge in [0.05, 0.1) is 31.4 Å². The summed E-state index contributed by atoms with van der Waals surface area (Å²) >= 11 is 12.2. The van der Waals surface area contributed by atoms with Crippen molar-refractivity contribution < 1.29 is 44.2 Å².